The number of pyridine rings is 1. The number of halogens is 1. The molecule has 14 nitrogen and oxygen atoms in total. The summed E-state index contributed by atoms with van der Waals surface area (Å²) in [6.07, 6.45) is 7.18. The summed E-state index contributed by atoms with van der Waals surface area (Å²) >= 11 is 6.15. The summed E-state index contributed by atoms with van der Waals surface area (Å²) in [5.74, 6) is -0.325. The number of hydrogen-bond donors (Lipinski definition) is 2. The number of amides is 5. The van der Waals surface area contributed by atoms with E-state index in [0.29, 0.717) is 39.2 Å². The number of rotatable bonds is 9. The number of nitrogens with zero attached hydrogens (tertiary/aromatic N) is 6. The van der Waals surface area contributed by atoms with Crippen LogP contribution in [0.4, 0.5) is 17.2 Å². The van der Waals surface area contributed by atoms with Crippen molar-refractivity contribution in [1.82, 2.24) is 20.1 Å². The lowest BCUT2D eigenvalue weighted by Crippen LogP contribution is -2.54. The number of nitriles is 1. The van der Waals surface area contributed by atoms with Crippen LogP contribution in [0.2, 0.25) is 5.02 Å². The molecule has 1 aromatic heterocycles. The molecule has 1 saturated carbocycles. The van der Waals surface area contributed by atoms with Gasteiger partial charge in [-0.25, -0.2) is 4.98 Å². The van der Waals surface area contributed by atoms with Crippen molar-refractivity contribution in [2.45, 2.75) is 63.5 Å². The lowest BCUT2D eigenvalue weighted by Gasteiger charge is -2.40. The van der Waals surface area contributed by atoms with E-state index in [2.05, 4.69) is 36.4 Å². The molecule has 3 aromatic rings. The highest BCUT2D eigenvalue weighted by atomic mass is 35.5. The van der Waals surface area contributed by atoms with E-state index < -0.39 is 29.7 Å². The summed E-state index contributed by atoms with van der Waals surface area (Å²) in [6.45, 7) is 6.30. The molecule has 5 aliphatic rings. The third kappa shape index (κ3) is 8.31. The number of benzene rings is 2. The second-order valence-corrected chi connectivity index (χ2v) is 16.0. The van der Waals surface area contributed by atoms with Gasteiger partial charge >= 0.3 is 0 Å². The zero-order chi connectivity index (χ0) is 39.6. The minimum absolute atomic E-state index is 0.000923. The Hall–Kier alpha value is -5.52. The lowest BCUT2D eigenvalue weighted by molar-refractivity contribution is -0.136. The molecule has 15 heteroatoms. The number of carbonyl (C=O) groups is 5. The third-order valence-electron chi connectivity index (χ3n) is 12.1. The Bertz CT molecular complexity index is 2100. The van der Waals surface area contributed by atoms with Crippen molar-refractivity contribution in [2.24, 2.45) is 11.8 Å². The summed E-state index contributed by atoms with van der Waals surface area (Å²) in [6, 6.07) is 15.4. The summed E-state index contributed by atoms with van der Waals surface area (Å²) in [5, 5.41) is 14.7. The van der Waals surface area contributed by atoms with Crippen LogP contribution in [-0.2, 0) is 14.4 Å². The van der Waals surface area contributed by atoms with Crippen LogP contribution >= 0.6 is 11.6 Å². The molecule has 1 atom stereocenters. The zero-order valence-corrected chi connectivity index (χ0v) is 32.4. The van der Waals surface area contributed by atoms with E-state index in [1.807, 2.05) is 24.4 Å². The number of imide groups is 2. The van der Waals surface area contributed by atoms with Crippen molar-refractivity contribution in [3.63, 3.8) is 0 Å². The molecule has 296 valence electrons. The molecule has 0 radical (unpaired) electrons. The molecule has 1 aliphatic carbocycles. The van der Waals surface area contributed by atoms with E-state index in [1.165, 1.54) is 0 Å². The molecular weight excluding hydrogens is 748 g/mol. The molecule has 1 unspecified atom stereocenters. The fourth-order valence-electron chi connectivity index (χ4n) is 8.75. The second-order valence-electron chi connectivity index (χ2n) is 15.6. The number of aromatic nitrogens is 1. The average Bonchev–Trinajstić information content (AvgIpc) is 3.47. The van der Waals surface area contributed by atoms with Gasteiger partial charge in [-0.15, -0.1) is 0 Å². The highest BCUT2D eigenvalue weighted by Crippen LogP contribution is 2.33. The highest BCUT2D eigenvalue weighted by Gasteiger charge is 2.45. The first-order chi connectivity index (χ1) is 27.6. The Morgan fingerprint density at radius 3 is 2.25 bits per heavy atom. The number of fused-ring (bicyclic) bond motifs is 1. The number of ether oxygens (including phenoxy) is 1. The molecule has 8 rings (SSSR count). The molecule has 3 saturated heterocycles. The molecule has 4 fully saturated rings. The van der Waals surface area contributed by atoms with Crippen LogP contribution in [-0.4, -0.2) is 102 Å². The topological polar surface area (TPSA) is 168 Å². The summed E-state index contributed by atoms with van der Waals surface area (Å²) < 4.78 is 6.07. The Balaban J connectivity index is 0.751. The van der Waals surface area contributed by atoms with Crippen molar-refractivity contribution in [2.75, 3.05) is 60.9 Å². The van der Waals surface area contributed by atoms with Gasteiger partial charge in [0.05, 0.1) is 39.7 Å². The van der Waals surface area contributed by atoms with Crippen molar-refractivity contribution in [3.05, 3.63) is 76.4 Å². The predicted octanol–water partition coefficient (Wildman–Crippen LogP) is 4.62. The average molecular weight is 793 g/mol. The number of nitrogens with one attached hydrogen (secondary N) is 2. The smallest absolute Gasteiger partial charge is 0.262 e. The van der Waals surface area contributed by atoms with Crippen molar-refractivity contribution in [1.29, 1.82) is 5.26 Å². The lowest BCUT2D eigenvalue weighted by atomic mass is 9.86. The fourth-order valence-corrected chi connectivity index (χ4v) is 8.97. The fraction of sp³-hybridized carbons (Fsp3) is 0.452. The Labute approximate surface area is 336 Å². The summed E-state index contributed by atoms with van der Waals surface area (Å²) in [4.78, 5) is 76.2. The largest absolute Gasteiger partial charge is 0.490 e. The van der Waals surface area contributed by atoms with E-state index >= 15 is 0 Å². The molecule has 2 aromatic carbocycles. The molecule has 5 heterocycles. The van der Waals surface area contributed by atoms with Gasteiger partial charge in [0.2, 0.25) is 17.7 Å². The molecule has 0 spiro atoms. The van der Waals surface area contributed by atoms with Crippen LogP contribution in [0.1, 0.15) is 77.6 Å². The summed E-state index contributed by atoms with van der Waals surface area (Å²) in [5.41, 5.74) is 2.95. The van der Waals surface area contributed by atoms with E-state index in [0.717, 1.165) is 101 Å². The van der Waals surface area contributed by atoms with Crippen molar-refractivity contribution < 1.29 is 28.7 Å². The van der Waals surface area contributed by atoms with E-state index in [9.17, 15) is 24.0 Å². The molecule has 2 N–H and O–H groups in total. The first kappa shape index (κ1) is 38.4. The van der Waals surface area contributed by atoms with Crippen LogP contribution in [0.25, 0.3) is 0 Å². The minimum atomic E-state index is -0.973. The van der Waals surface area contributed by atoms with Crippen LogP contribution in [0, 0.1) is 23.2 Å². The van der Waals surface area contributed by atoms with Gasteiger partial charge in [-0.2, -0.15) is 5.26 Å². The van der Waals surface area contributed by atoms with Gasteiger partial charge in [-0.3, -0.25) is 39.1 Å². The van der Waals surface area contributed by atoms with Gasteiger partial charge in [0.1, 0.15) is 23.7 Å². The number of piperidine rings is 2. The van der Waals surface area contributed by atoms with Crippen LogP contribution in [0.3, 0.4) is 0 Å². The molecule has 5 amide bonds. The number of hydrogen-bond acceptors (Lipinski definition) is 11. The van der Waals surface area contributed by atoms with Crippen LogP contribution in [0.15, 0.2) is 54.7 Å². The number of anilines is 3. The van der Waals surface area contributed by atoms with Gasteiger partial charge in [0.25, 0.3) is 11.8 Å². The van der Waals surface area contributed by atoms with E-state index in [-0.39, 0.29) is 30.8 Å². The number of carbonyl (C=O) groups excluding carboxylic acids is 5. The minimum Gasteiger partial charge on any atom is -0.490 e. The Kier molecular flexibility index (Phi) is 11.1. The van der Waals surface area contributed by atoms with E-state index in [4.69, 9.17) is 21.6 Å². The molecular formula is C42H45ClN8O6. The monoisotopic (exact) mass is 792 g/mol. The van der Waals surface area contributed by atoms with Gasteiger partial charge in [-0.1, -0.05) is 11.6 Å². The molecule has 4 aliphatic heterocycles. The SMILES string of the molecule is N#Cc1ccc(OC2CCC(C(=O)Nc3ccc(N4CCC(CN5CCN(c6ccc7c(c6)C(=O)N(C6CCC(=O)NC6=O)C7=O)CC5)CC4)cn3)CC2)cc1Cl. The molecule has 0 bridgehead atoms. The Morgan fingerprint density at radius 1 is 0.842 bits per heavy atom. The van der Waals surface area contributed by atoms with Crippen molar-refractivity contribution in [3.8, 4) is 11.8 Å². The second kappa shape index (κ2) is 16.5. The van der Waals surface area contributed by atoms with Crippen LogP contribution in [0.5, 0.6) is 5.75 Å². The Morgan fingerprint density at radius 2 is 1.56 bits per heavy atom. The molecule has 57 heavy (non-hydrogen) atoms. The first-order valence-corrected chi connectivity index (χ1v) is 20.2. The normalized spacial score (nSPS) is 23.2. The van der Waals surface area contributed by atoms with Crippen molar-refractivity contribution >= 4 is 58.3 Å². The standard InChI is InChI=1S/C42H45ClN8O6/c43-35-22-32(8-3-28(35)23-44)57-31-6-1-27(2-7-31)39(53)46-37-11-5-30(24-45-37)49-15-13-26(14-16-49)25-48-17-19-50(20-18-48)29-4-9-33-34(21-29)42(56)51(41(33)55)36-10-12-38(52)47-40(36)54/h3-5,8-9,11,21-22,24,26-27,31,36H,1-2,6-7,10,12-20,25H2,(H,45,46,53)(H,47,52,54). The van der Waals surface area contributed by atoms with Gasteiger partial charge in [-0.05, 0) is 93.3 Å². The number of piperazine rings is 1. The maximum atomic E-state index is 13.3. The quantitative estimate of drug-likeness (QED) is 0.290. The maximum absolute atomic E-state index is 13.3. The first-order valence-electron chi connectivity index (χ1n) is 19.8. The predicted molar refractivity (Wildman–Crippen MR) is 212 cm³/mol. The van der Waals surface area contributed by atoms with Gasteiger partial charge < -0.3 is 19.9 Å². The third-order valence-corrected chi connectivity index (χ3v) is 12.4. The maximum Gasteiger partial charge on any atom is 0.262 e. The van der Waals surface area contributed by atoms with Gasteiger partial charge in [0.15, 0.2) is 0 Å². The summed E-state index contributed by atoms with van der Waals surface area (Å²) in [7, 11) is 0. The van der Waals surface area contributed by atoms with E-state index in [1.54, 1.807) is 30.3 Å². The van der Waals surface area contributed by atoms with Crippen LogP contribution < -0.4 is 25.2 Å². The van der Waals surface area contributed by atoms with Gasteiger partial charge in [0, 0.05) is 69.9 Å². The highest BCUT2D eigenvalue weighted by molar-refractivity contribution is 6.31. The zero-order valence-electron chi connectivity index (χ0n) is 31.6.